The Morgan fingerprint density at radius 2 is 2.12 bits per heavy atom. The van der Waals surface area contributed by atoms with Crippen LogP contribution in [0.25, 0.3) is 0 Å². The minimum atomic E-state index is 0.245. The summed E-state index contributed by atoms with van der Waals surface area (Å²) in [5.74, 6) is 2.82. The van der Waals surface area contributed by atoms with Crippen LogP contribution in [0, 0.1) is 5.92 Å². The highest BCUT2D eigenvalue weighted by Crippen LogP contribution is 2.36. The number of fused-ring (bicyclic) bond motifs is 1. The van der Waals surface area contributed by atoms with Crippen LogP contribution in [-0.2, 0) is 0 Å². The molecular weight excluding hydrogens is 200 g/mol. The van der Waals surface area contributed by atoms with E-state index in [1.807, 2.05) is 12.3 Å². The van der Waals surface area contributed by atoms with E-state index in [0.717, 1.165) is 18.1 Å². The van der Waals surface area contributed by atoms with Crippen LogP contribution in [0.4, 0.5) is 5.82 Å². The van der Waals surface area contributed by atoms with Crippen LogP contribution in [0.1, 0.15) is 39.2 Å². The van der Waals surface area contributed by atoms with Crippen molar-refractivity contribution in [3.63, 3.8) is 0 Å². The second-order valence-corrected chi connectivity index (χ2v) is 5.01. The fraction of sp³-hybridized carbons (Fsp3) is 0.615. The van der Waals surface area contributed by atoms with Crippen molar-refractivity contribution in [2.75, 3.05) is 11.9 Å². The number of ether oxygens (including phenoxy) is 1. The predicted molar refractivity (Wildman–Crippen MR) is 66.1 cm³/mol. The number of aromatic nitrogens is 1. The van der Waals surface area contributed by atoms with Crippen LogP contribution in [0.3, 0.4) is 0 Å². The summed E-state index contributed by atoms with van der Waals surface area (Å²) in [5, 5.41) is 3.35. The van der Waals surface area contributed by atoms with E-state index >= 15 is 0 Å². The molecule has 1 aliphatic rings. The first-order valence-electron chi connectivity index (χ1n) is 5.99. The summed E-state index contributed by atoms with van der Waals surface area (Å²) in [7, 11) is 0. The first-order chi connectivity index (χ1) is 7.59. The van der Waals surface area contributed by atoms with Gasteiger partial charge in [-0.3, -0.25) is 0 Å². The number of pyridine rings is 1. The molecule has 0 aromatic carbocycles. The van der Waals surface area contributed by atoms with Crippen LogP contribution in [0.5, 0.6) is 5.75 Å². The van der Waals surface area contributed by atoms with Crippen LogP contribution in [0.15, 0.2) is 12.3 Å². The van der Waals surface area contributed by atoms with Crippen molar-refractivity contribution in [3.8, 4) is 5.75 Å². The normalized spacial score (nSPS) is 19.2. The molecule has 3 nitrogen and oxygen atoms in total. The summed E-state index contributed by atoms with van der Waals surface area (Å²) in [6, 6.07) is 2.05. The molecule has 1 N–H and O–H groups in total. The molecular formula is C13H20N2O. The predicted octanol–water partition coefficient (Wildman–Crippen LogP) is 3.03. The van der Waals surface area contributed by atoms with Crippen molar-refractivity contribution in [2.45, 2.75) is 39.7 Å². The molecule has 1 aliphatic heterocycles. The van der Waals surface area contributed by atoms with E-state index < -0.39 is 0 Å². The Labute approximate surface area is 97.2 Å². The van der Waals surface area contributed by atoms with Gasteiger partial charge in [0, 0.05) is 11.8 Å². The Morgan fingerprint density at radius 3 is 2.75 bits per heavy atom. The zero-order chi connectivity index (χ0) is 11.7. The third-order valence-electron chi connectivity index (χ3n) is 3.04. The molecule has 0 fully saturated rings. The van der Waals surface area contributed by atoms with E-state index in [2.05, 4.69) is 38.0 Å². The summed E-state index contributed by atoms with van der Waals surface area (Å²) in [6.45, 7) is 9.57. The number of anilines is 1. The van der Waals surface area contributed by atoms with Crippen LogP contribution in [0.2, 0.25) is 0 Å². The zero-order valence-corrected chi connectivity index (χ0v) is 10.4. The fourth-order valence-corrected chi connectivity index (χ4v) is 1.93. The average Bonchev–Trinajstić information content (AvgIpc) is 2.27. The van der Waals surface area contributed by atoms with Crippen molar-refractivity contribution in [1.82, 2.24) is 4.98 Å². The maximum absolute atomic E-state index is 6.06. The van der Waals surface area contributed by atoms with Gasteiger partial charge in [0.25, 0.3) is 0 Å². The molecule has 0 saturated carbocycles. The smallest absolute Gasteiger partial charge is 0.169 e. The van der Waals surface area contributed by atoms with Gasteiger partial charge < -0.3 is 10.1 Å². The van der Waals surface area contributed by atoms with E-state index in [4.69, 9.17) is 4.74 Å². The average molecular weight is 220 g/mol. The Bertz CT molecular complexity index is 374. The molecule has 1 aromatic rings. The highest BCUT2D eigenvalue weighted by atomic mass is 16.5. The number of hydrogen-bond acceptors (Lipinski definition) is 3. The van der Waals surface area contributed by atoms with Crippen molar-refractivity contribution in [3.05, 3.63) is 17.8 Å². The van der Waals surface area contributed by atoms with Crippen molar-refractivity contribution >= 4 is 5.82 Å². The van der Waals surface area contributed by atoms with Crippen molar-refractivity contribution in [1.29, 1.82) is 0 Å². The topological polar surface area (TPSA) is 34.1 Å². The lowest BCUT2D eigenvalue weighted by atomic mass is 10.0. The molecule has 88 valence electrons. The molecule has 3 heteroatoms. The molecule has 0 amide bonds. The first-order valence-corrected chi connectivity index (χ1v) is 5.99. The van der Waals surface area contributed by atoms with Gasteiger partial charge in [-0.05, 0) is 17.9 Å². The van der Waals surface area contributed by atoms with Gasteiger partial charge in [0.2, 0.25) is 0 Å². The third-order valence-corrected chi connectivity index (χ3v) is 3.04. The molecule has 0 bridgehead atoms. The first kappa shape index (κ1) is 11.2. The second-order valence-electron chi connectivity index (χ2n) is 5.01. The van der Waals surface area contributed by atoms with E-state index in [-0.39, 0.29) is 6.10 Å². The SMILES string of the molecule is CC(C)c1ccnc2c1O[C@H](C(C)C)CN2. The van der Waals surface area contributed by atoms with Gasteiger partial charge in [-0.1, -0.05) is 27.7 Å². The molecule has 2 heterocycles. The summed E-state index contributed by atoms with van der Waals surface area (Å²) in [4.78, 5) is 4.32. The molecule has 2 rings (SSSR count). The highest BCUT2D eigenvalue weighted by molar-refractivity contribution is 5.57. The lowest BCUT2D eigenvalue weighted by Crippen LogP contribution is -2.35. The molecule has 16 heavy (non-hydrogen) atoms. The summed E-state index contributed by atoms with van der Waals surface area (Å²) >= 11 is 0. The maximum Gasteiger partial charge on any atom is 0.169 e. The van der Waals surface area contributed by atoms with E-state index in [0.29, 0.717) is 11.8 Å². The minimum absolute atomic E-state index is 0.245. The van der Waals surface area contributed by atoms with Gasteiger partial charge in [0.05, 0.1) is 6.54 Å². The van der Waals surface area contributed by atoms with Gasteiger partial charge >= 0.3 is 0 Å². The lowest BCUT2D eigenvalue weighted by Gasteiger charge is -2.31. The Kier molecular flexibility index (Phi) is 3.03. The Hall–Kier alpha value is -1.25. The van der Waals surface area contributed by atoms with Crippen molar-refractivity contribution in [2.24, 2.45) is 5.92 Å². The molecule has 0 aliphatic carbocycles. The Morgan fingerprint density at radius 1 is 1.38 bits per heavy atom. The fourth-order valence-electron chi connectivity index (χ4n) is 1.93. The molecule has 0 spiro atoms. The summed E-state index contributed by atoms with van der Waals surface area (Å²) in [6.07, 6.45) is 2.09. The van der Waals surface area contributed by atoms with Gasteiger partial charge in [0.1, 0.15) is 6.10 Å². The van der Waals surface area contributed by atoms with E-state index in [1.165, 1.54) is 5.56 Å². The van der Waals surface area contributed by atoms with E-state index in [1.54, 1.807) is 0 Å². The number of hydrogen-bond donors (Lipinski definition) is 1. The summed E-state index contributed by atoms with van der Waals surface area (Å²) in [5.41, 5.74) is 1.24. The third kappa shape index (κ3) is 1.99. The number of nitrogens with zero attached hydrogens (tertiary/aromatic N) is 1. The number of rotatable bonds is 2. The quantitative estimate of drug-likeness (QED) is 0.831. The van der Waals surface area contributed by atoms with Gasteiger partial charge in [-0.25, -0.2) is 4.98 Å². The molecule has 1 aromatic heterocycles. The Balaban J connectivity index is 2.34. The van der Waals surface area contributed by atoms with Gasteiger partial charge in [-0.15, -0.1) is 0 Å². The minimum Gasteiger partial charge on any atom is -0.484 e. The van der Waals surface area contributed by atoms with Crippen LogP contribution in [-0.4, -0.2) is 17.6 Å². The van der Waals surface area contributed by atoms with Crippen LogP contribution < -0.4 is 10.1 Å². The zero-order valence-electron chi connectivity index (χ0n) is 10.4. The van der Waals surface area contributed by atoms with E-state index in [9.17, 15) is 0 Å². The standard InChI is InChI=1S/C13H20N2O/c1-8(2)10-5-6-14-13-12(10)16-11(7-15-13)9(3)4/h5-6,8-9,11H,7H2,1-4H3,(H,14,15)/t11-/m0/s1. The maximum atomic E-state index is 6.06. The monoisotopic (exact) mass is 220 g/mol. The molecule has 0 unspecified atom stereocenters. The summed E-state index contributed by atoms with van der Waals surface area (Å²) < 4.78 is 6.06. The van der Waals surface area contributed by atoms with Gasteiger partial charge in [-0.2, -0.15) is 0 Å². The largest absolute Gasteiger partial charge is 0.484 e. The lowest BCUT2D eigenvalue weighted by molar-refractivity contribution is 0.153. The van der Waals surface area contributed by atoms with Gasteiger partial charge in [0.15, 0.2) is 11.6 Å². The van der Waals surface area contributed by atoms with Crippen LogP contribution >= 0.6 is 0 Å². The van der Waals surface area contributed by atoms with Crippen molar-refractivity contribution < 1.29 is 4.74 Å². The molecule has 0 saturated heterocycles. The highest BCUT2D eigenvalue weighted by Gasteiger charge is 2.25. The number of nitrogens with one attached hydrogen (secondary N) is 1. The molecule has 1 atom stereocenters. The molecule has 0 radical (unpaired) electrons. The second kappa shape index (κ2) is 4.32.